The third kappa shape index (κ3) is 2.62. The fourth-order valence-corrected chi connectivity index (χ4v) is 2.75. The molecule has 116 valence electrons. The van der Waals surface area contributed by atoms with Crippen molar-refractivity contribution < 1.29 is 9.90 Å². The van der Waals surface area contributed by atoms with E-state index in [9.17, 15) is 9.90 Å². The van der Waals surface area contributed by atoms with E-state index in [-0.39, 0.29) is 23.5 Å². The smallest absolute Gasteiger partial charge is 0.251 e. The van der Waals surface area contributed by atoms with E-state index in [0.29, 0.717) is 18.5 Å². The van der Waals surface area contributed by atoms with Crippen molar-refractivity contribution in [2.24, 2.45) is 5.41 Å². The van der Waals surface area contributed by atoms with Crippen molar-refractivity contribution in [1.82, 2.24) is 20.1 Å². The van der Waals surface area contributed by atoms with Crippen molar-refractivity contribution in [3.8, 4) is 0 Å². The van der Waals surface area contributed by atoms with Gasteiger partial charge in [-0.25, -0.2) is 9.67 Å². The minimum absolute atomic E-state index is 0.00516. The van der Waals surface area contributed by atoms with Crippen molar-refractivity contribution in [2.45, 2.75) is 39.0 Å². The van der Waals surface area contributed by atoms with Crippen LogP contribution in [0.2, 0.25) is 0 Å². The van der Waals surface area contributed by atoms with E-state index in [2.05, 4.69) is 15.4 Å². The molecule has 1 heterocycles. The van der Waals surface area contributed by atoms with Gasteiger partial charge in [-0.2, -0.15) is 5.10 Å². The molecule has 0 saturated heterocycles. The van der Waals surface area contributed by atoms with Crippen molar-refractivity contribution in [2.75, 3.05) is 0 Å². The molecule has 1 amide bonds. The molecule has 22 heavy (non-hydrogen) atoms. The first-order chi connectivity index (χ1) is 10.5. The maximum absolute atomic E-state index is 12.6. The molecule has 6 nitrogen and oxygen atoms in total. The lowest BCUT2D eigenvalue weighted by Crippen LogP contribution is -2.61. The SMILES string of the molecule is CC1(C)C(O)CC1NC(=O)c1ccccc1Cn1cncn1. The standard InChI is InChI=1S/C16H20N4O2/c1-16(2)13(7-14(16)21)19-15(22)12-6-4-3-5-11(12)8-20-10-17-9-18-20/h3-6,9-10,13-14,21H,7-8H2,1-2H3,(H,19,22). The number of carbonyl (C=O) groups is 1. The van der Waals surface area contributed by atoms with E-state index in [4.69, 9.17) is 0 Å². The number of hydrogen-bond acceptors (Lipinski definition) is 4. The lowest BCUT2D eigenvalue weighted by atomic mass is 9.64. The highest BCUT2D eigenvalue weighted by Crippen LogP contribution is 2.40. The average Bonchev–Trinajstić information content (AvgIpc) is 3.00. The molecule has 6 heteroatoms. The maximum Gasteiger partial charge on any atom is 0.251 e. The van der Waals surface area contributed by atoms with Gasteiger partial charge in [0.15, 0.2) is 0 Å². The van der Waals surface area contributed by atoms with Crippen molar-refractivity contribution in [3.05, 3.63) is 48.0 Å². The Bertz CT molecular complexity index is 667. The summed E-state index contributed by atoms with van der Waals surface area (Å²) < 4.78 is 1.68. The second kappa shape index (κ2) is 5.53. The minimum Gasteiger partial charge on any atom is -0.392 e. The molecule has 1 saturated carbocycles. The van der Waals surface area contributed by atoms with Gasteiger partial charge in [-0.05, 0) is 18.1 Å². The molecule has 0 radical (unpaired) electrons. The van der Waals surface area contributed by atoms with Gasteiger partial charge in [0, 0.05) is 17.0 Å². The quantitative estimate of drug-likeness (QED) is 0.889. The van der Waals surface area contributed by atoms with Gasteiger partial charge in [0.05, 0.1) is 12.6 Å². The molecule has 0 bridgehead atoms. The third-order valence-electron chi connectivity index (χ3n) is 4.58. The number of nitrogens with one attached hydrogen (secondary N) is 1. The Morgan fingerprint density at radius 3 is 2.86 bits per heavy atom. The Balaban J connectivity index is 1.75. The van der Waals surface area contributed by atoms with Crippen LogP contribution in [0.15, 0.2) is 36.9 Å². The molecule has 0 aliphatic heterocycles. The zero-order chi connectivity index (χ0) is 15.7. The van der Waals surface area contributed by atoms with Gasteiger partial charge in [-0.3, -0.25) is 4.79 Å². The van der Waals surface area contributed by atoms with Crippen LogP contribution in [0, 0.1) is 5.41 Å². The Kier molecular flexibility index (Phi) is 3.70. The lowest BCUT2D eigenvalue weighted by molar-refractivity contribution is -0.0689. The van der Waals surface area contributed by atoms with Crippen molar-refractivity contribution in [3.63, 3.8) is 0 Å². The lowest BCUT2D eigenvalue weighted by Gasteiger charge is -2.49. The van der Waals surface area contributed by atoms with E-state index < -0.39 is 0 Å². The number of nitrogens with zero attached hydrogens (tertiary/aromatic N) is 3. The molecule has 3 rings (SSSR count). The first-order valence-electron chi connectivity index (χ1n) is 7.37. The van der Waals surface area contributed by atoms with Crippen LogP contribution >= 0.6 is 0 Å². The highest BCUT2D eigenvalue weighted by atomic mass is 16.3. The number of rotatable bonds is 4. The predicted molar refractivity (Wildman–Crippen MR) is 81.2 cm³/mol. The first kappa shape index (κ1) is 14.7. The molecule has 2 unspecified atom stereocenters. The second-order valence-corrected chi connectivity index (χ2v) is 6.35. The summed E-state index contributed by atoms with van der Waals surface area (Å²) in [7, 11) is 0. The molecule has 1 aliphatic rings. The Morgan fingerprint density at radius 2 is 2.23 bits per heavy atom. The van der Waals surface area contributed by atoms with Crippen LogP contribution in [0.5, 0.6) is 0 Å². The minimum atomic E-state index is -0.358. The van der Waals surface area contributed by atoms with Crippen LogP contribution < -0.4 is 5.32 Å². The number of amides is 1. The number of aliphatic hydroxyl groups excluding tert-OH is 1. The van der Waals surface area contributed by atoms with Crippen molar-refractivity contribution in [1.29, 1.82) is 0 Å². The van der Waals surface area contributed by atoms with Gasteiger partial charge in [0.2, 0.25) is 0 Å². The van der Waals surface area contributed by atoms with E-state index in [0.717, 1.165) is 5.56 Å². The first-order valence-corrected chi connectivity index (χ1v) is 7.37. The molecule has 1 fully saturated rings. The summed E-state index contributed by atoms with van der Waals surface area (Å²) in [6, 6.07) is 7.47. The highest BCUT2D eigenvalue weighted by molar-refractivity contribution is 5.96. The number of benzene rings is 1. The summed E-state index contributed by atoms with van der Waals surface area (Å²) in [5.74, 6) is -0.110. The van der Waals surface area contributed by atoms with Crippen LogP contribution in [0.3, 0.4) is 0 Å². The third-order valence-corrected chi connectivity index (χ3v) is 4.58. The molecular weight excluding hydrogens is 280 g/mol. The number of carbonyl (C=O) groups excluding carboxylic acids is 1. The Hall–Kier alpha value is -2.21. The van der Waals surface area contributed by atoms with Crippen LogP contribution in [0.4, 0.5) is 0 Å². The van der Waals surface area contributed by atoms with Gasteiger partial charge >= 0.3 is 0 Å². The van der Waals surface area contributed by atoms with Crippen LogP contribution in [-0.2, 0) is 6.54 Å². The summed E-state index contributed by atoms with van der Waals surface area (Å²) in [4.78, 5) is 16.5. The second-order valence-electron chi connectivity index (χ2n) is 6.35. The van der Waals surface area contributed by atoms with Gasteiger partial charge in [-0.1, -0.05) is 32.0 Å². The number of aromatic nitrogens is 3. The summed E-state index contributed by atoms with van der Waals surface area (Å²) in [6.07, 6.45) is 3.34. The van der Waals surface area contributed by atoms with E-state index >= 15 is 0 Å². The molecule has 1 aliphatic carbocycles. The van der Waals surface area contributed by atoms with Gasteiger partial charge in [0.1, 0.15) is 12.7 Å². The topological polar surface area (TPSA) is 80.0 Å². The van der Waals surface area contributed by atoms with Crippen LogP contribution in [-0.4, -0.2) is 37.9 Å². The summed E-state index contributed by atoms with van der Waals surface area (Å²) in [5.41, 5.74) is 1.25. The van der Waals surface area contributed by atoms with Crippen LogP contribution in [0.25, 0.3) is 0 Å². The van der Waals surface area contributed by atoms with E-state index in [1.54, 1.807) is 11.0 Å². The normalized spacial score (nSPS) is 22.9. The molecule has 2 N–H and O–H groups in total. The molecule has 1 aromatic carbocycles. The van der Waals surface area contributed by atoms with Crippen molar-refractivity contribution >= 4 is 5.91 Å². The van der Waals surface area contributed by atoms with Gasteiger partial charge in [-0.15, -0.1) is 0 Å². The van der Waals surface area contributed by atoms with Gasteiger partial charge in [0.25, 0.3) is 5.91 Å². The molecule has 0 spiro atoms. The fourth-order valence-electron chi connectivity index (χ4n) is 2.75. The molecule has 2 aromatic rings. The van der Waals surface area contributed by atoms with E-state index in [1.807, 2.05) is 38.1 Å². The summed E-state index contributed by atoms with van der Waals surface area (Å²) in [6.45, 7) is 4.43. The molecular formula is C16H20N4O2. The van der Waals surface area contributed by atoms with Crippen LogP contribution in [0.1, 0.15) is 36.2 Å². The fraction of sp³-hybridized carbons (Fsp3) is 0.438. The zero-order valence-electron chi connectivity index (χ0n) is 12.7. The summed E-state index contributed by atoms with van der Waals surface area (Å²) in [5, 5.41) is 16.9. The maximum atomic E-state index is 12.6. The number of hydrogen-bond donors (Lipinski definition) is 2. The zero-order valence-corrected chi connectivity index (χ0v) is 12.7. The summed E-state index contributed by atoms with van der Waals surface area (Å²) >= 11 is 0. The molecule has 2 atom stereocenters. The number of aliphatic hydroxyl groups is 1. The largest absolute Gasteiger partial charge is 0.392 e. The van der Waals surface area contributed by atoms with Gasteiger partial charge < -0.3 is 10.4 Å². The Labute approximate surface area is 129 Å². The Morgan fingerprint density at radius 1 is 1.45 bits per heavy atom. The van der Waals surface area contributed by atoms with E-state index in [1.165, 1.54) is 6.33 Å². The molecule has 1 aromatic heterocycles. The average molecular weight is 300 g/mol. The monoisotopic (exact) mass is 300 g/mol. The highest BCUT2D eigenvalue weighted by Gasteiger charge is 2.48. The predicted octanol–water partition coefficient (Wildman–Crippen LogP) is 1.22.